The highest BCUT2D eigenvalue weighted by atomic mass is 19.1. The van der Waals surface area contributed by atoms with Crippen molar-refractivity contribution in [1.29, 1.82) is 0 Å². The van der Waals surface area contributed by atoms with Crippen molar-refractivity contribution in [1.82, 2.24) is 15.5 Å². The predicted molar refractivity (Wildman–Crippen MR) is 104 cm³/mol. The Kier molecular flexibility index (Phi) is 5.25. The largest absolute Gasteiger partial charge is 0.349 e. The maximum atomic E-state index is 13.0. The van der Waals surface area contributed by atoms with E-state index in [-0.39, 0.29) is 23.8 Å². The molecule has 3 amide bonds. The number of fused-ring (bicyclic) bond motifs is 1. The van der Waals surface area contributed by atoms with Gasteiger partial charge in [0.25, 0.3) is 5.91 Å². The molecule has 0 aliphatic carbocycles. The number of likely N-dealkylation sites (tertiary alicyclic amines) is 1. The van der Waals surface area contributed by atoms with E-state index in [0.29, 0.717) is 31.5 Å². The predicted octanol–water partition coefficient (Wildman–Crippen LogP) is 2.86. The summed E-state index contributed by atoms with van der Waals surface area (Å²) in [6.07, 6.45) is 1.38. The van der Waals surface area contributed by atoms with E-state index in [9.17, 15) is 14.0 Å². The molecule has 0 radical (unpaired) electrons. The van der Waals surface area contributed by atoms with Crippen LogP contribution in [-0.4, -0.2) is 36.0 Å². The number of hydrogen-bond acceptors (Lipinski definition) is 3. The number of nitrogens with one attached hydrogen (secondary N) is 3. The first kappa shape index (κ1) is 18.4. The molecule has 4 rings (SSSR count). The molecule has 2 aromatic carbocycles. The van der Waals surface area contributed by atoms with Gasteiger partial charge in [-0.2, -0.15) is 0 Å². The Balaban J connectivity index is 1.27. The van der Waals surface area contributed by atoms with E-state index < -0.39 is 0 Å². The standard InChI is InChI=1S/C21H23FN4O2/c22-17-4-1-14(2-5-17)20(27)24-18-7-9-26(10-8-18)21(28)25-19-6-3-15-12-23-13-16(15)11-19/h1-6,11,18,23H,7-10,12-13H2,(H,24,27)(H,25,28). The number of urea groups is 1. The molecule has 2 heterocycles. The van der Waals surface area contributed by atoms with Gasteiger partial charge in [-0.3, -0.25) is 4.79 Å². The summed E-state index contributed by atoms with van der Waals surface area (Å²) in [6.45, 7) is 2.86. The molecule has 2 aliphatic heterocycles. The molecule has 28 heavy (non-hydrogen) atoms. The molecule has 0 saturated carbocycles. The molecular weight excluding hydrogens is 359 g/mol. The van der Waals surface area contributed by atoms with Crippen LogP contribution in [-0.2, 0) is 13.1 Å². The lowest BCUT2D eigenvalue weighted by Gasteiger charge is -2.32. The van der Waals surface area contributed by atoms with Crippen molar-refractivity contribution < 1.29 is 14.0 Å². The summed E-state index contributed by atoms with van der Waals surface area (Å²) in [5.41, 5.74) is 3.74. The molecule has 2 aromatic rings. The Hall–Kier alpha value is -2.93. The number of piperidine rings is 1. The number of benzene rings is 2. The topological polar surface area (TPSA) is 73.5 Å². The summed E-state index contributed by atoms with van der Waals surface area (Å²) < 4.78 is 13.0. The number of halogens is 1. The highest BCUT2D eigenvalue weighted by Gasteiger charge is 2.24. The Labute approximate surface area is 163 Å². The van der Waals surface area contributed by atoms with Gasteiger partial charge in [-0.25, -0.2) is 9.18 Å². The van der Waals surface area contributed by atoms with Gasteiger partial charge in [0.2, 0.25) is 0 Å². The number of amides is 3. The molecule has 1 saturated heterocycles. The summed E-state index contributed by atoms with van der Waals surface area (Å²) >= 11 is 0. The summed E-state index contributed by atoms with van der Waals surface area (Å²) in [7, 11) is 0. The molecule has 0 aromatic heterocycles. The number of hydrogen-bond donors (Lipinski definition) is 3. The Morgan fingerprint density at radius 1 is 1.00 bits per heavy atom. The van der Waals surface area contributed by atoms with Crippen LogP contribution < -0.4 is 16.0 Å². The van der Waals surface area contributed by atoms with E-state index in [2.05, 4.69) is 16.0 Å². The zero-order chi connectivity index (χ0) is 19.5. The molecule has 2 aliphatic rings. The molecule has 3 N–H and O–H groups in total. The second kappa shape index (κ2) is 7.98. The quantitative estimate of drug-likeness (QED) is 0.764. The Morgan fingerprint density at radius 2 is 1.71 bits per heavy atom. The van der Waals surface area contributed by atoms with Crippen LogP contribution in [0.5, 0.6) is 0 Å². The fourth-order valence-corrected chi connectivity index (χ4v) is 3.67. The Morgan fingerprint density at radius 3 is 2.46 bits per heavy atom. The lowest BCUT2D eigenvalue weighted by Crippen LogP contribution is -2.47. The van der Waals surface area contributed by atoms with Crippen molar-refractivity contribution in [2.75, 3.05) is 18.4 Å². The zero-order valence-electron chi connectivity index (χ0n) is 15.5. The van der Waals surface area contributed by atoms with Gasteiger partial charge in [0, 0.05) is 43.5 Å². The number of anilines is 1. The highest BCUT2D eigenvalue weighted by molar-refractivity contribution is 5.94. The van der Waals surface area contributed by atoms with Crippen LogP contribution in [0, 0.1) is 5.82 Å². The van der Waals surface area contributed by atoms with Gasteiger partial charge in [-0.15, -0.1) is 0 Å². The molecule has 0 bridgehead atoms. The lowest BCUT2D eigenvalue weighted by atomic mass is 10.0. The Bertz CT molecular complexity index is 876. The van der Waals surface area contributed by atoms with E-state index in [4.69, 9.17) is 0 Å². The highest BCUT2D eigenvalue weighted by Crippen LogP contribution is 2.21. The summed E-state index contributed by atoms with van der Waals surface area (Å²) in [5, 5.41) is 9.22. The van der Waals surface area contributed by atoms with E-state index in [1.54, 1.807) is 4.90 Å². The van der Waals surface area contributed by atoms with Crippen LogP contribution in [0.2, 0.25) is 0 Å². The third-order valence-electron chi connectivity index (χ3n) is 5.31. The van der Waals surface area contributed by atoms with Crippen LogP contribution in [0.1, 0.15) is 34.3 Å². The molecule has 6 nitrogen and oxygen atoms in total. The number of carbonyl (C=O) groups is 2. The smallest absolute Gasteiger partial charge is 0.321 e. The average Bonchev–Trinajstić information content (AvgIpc) is 3.17. The lowest BCUT2D eigenvalue weighted by molar-refractivity contribution is 0.0919. The van der Waals surface area contributed by atoms with Gasteiger partial charge in [-0.1, -0.05) is 6.07 Å². The fraction of sp³-hybridized carbons (Fsp3) is 0.333. The summed E-state index contributed by atoms with van der Waals surface area (Å²) in [4.78, 5) is 26.5. The first-order chi connectivity index (χ1) is 13.6. The second-order valence-electron chi connectivity index (χ2n) is 7.26. The van der Waals surface area contributed by atoms with Gasteiger partial charge in [-0.05, 0) is 60.4 Å². The minimum atomic E-state index is -0.365. The van der Waals surface area contributed by atoms with Crippen LogP contribution in [0.3, 0.4) is 0 Å². The van der Waals surface area contributed by atoms with Gasteiger partial charge in [0.05, 0.1) is 0 Å². The van der Waals surface area contributed by atoms with Crippen LogP contribution in [0.15, 0.2) is 42.5 Å². The molecule has 7 heteroatoms. The zero-order valence-corrected chi connectivity index (χ0v) is 15.5. The number of nitrogens with zero attached hydrogens (tertiary/aromatic N) is 1. The van der Waals surface area contributed by atoms with Crippen molar-refractivity contribution >= 4 is 17.6 Å². The van der Waals surface area contributed by atoms with Crippen molar-refractivity contribution in [2.24, 2.45) is 0 Å². The van der Waals surface area contributed by atoms with Crippen molar-refractivity contribution in [2.45, 2.75) is 32.0 Å². The molecule has 0 atom stereocenters. The number of rotatable bonds is 3. The number of carbonyl (C=O) groups excluding carboxylic acids is 2. The van der Waals surface area contributed by atoms with E-state index in [1.807, 2.05) is 18.2 Å². The van der Waals surface area contributed by atoms with E-state index in [0.717, 1.165) is 18.8 Å². The summed E-state index contributed by atoms with van der Waals surface area (Å²) in [5.74, 6) is -0.579. The third-order valence-corrected chi connectivity index (χ3v) is 5.31. The molecule has 146 valence electrons. The second-order valence-corrected chi connectivity index (χ2v) is 7.26. The average molecular weight is 382 g/mol. The normalized spacial score (nSPS) is 16.5. The van der Waals surface area contributed by atoms with Gasteiger partial charge < -0.3 is 20.9 Å². The van der Waals surface area contributed by atoms with Crippen LogP contribution in [0.4, 0.5) is 14.9 Å². The minimum Gasteiger partial charge on any atom is -0.349 e. The molecule has 0 unspecified atom stereocenters. The monoisotopic (exact) mass is 382 g/mol. The maximum absolute atomic E-state index is 13.0. The first-order valence-electron chi connectivity index (χ1n) is 9.53. The van der Waals surface area contributed by atoms with Crippen LogP contribution in [0.25, 0.3) is 0 Å². The molecular formula is C21H23FN4O2. The van der Waals surface area contributed by atoms with Gasteiger partial charge >= 0.3 is 6.03 Å². The minimum absolute atomic E-state index is 0.00710. The van der Waals surface area contributed by atoms with Crippen molar-refractivity contribution in [3.8, 4) is 0 Å². The van der Waals surface area contributed by atoms with Crippen molar-refractivity contribution in [3.05, 3.63) is 65.0 Å². The fourth-order valence-electron chi connectivity index (χ4n) is 3.67. The molecule has 1 fully saturated rings. The SMILES string of the molecule is O=C(NC1CCN(C(=O)Nc2ccc3c(c2)CNC3)CC1)c1ccc(F)cc1. The van der Waals surface area contributed by atoms with E-state index in [1.165, 1.54) is 35.4 Å². The molecule has 0 spiro atoms. The van der Waals surface area contributed by atoms with Gasteiger partial charge in [0.1, 0.15) is 5.82 Å². The van der Waals surface area contributed by atoms with E-state index >= 15 is 0 Å². The first-order valence-corrected chi connectivity index (χ1v) is 9.53. The summed E-state index contributed by atoms with van der Waals surface area (Å²) in [6, 6.07) is 11.4. The van der Waals surface area contributed by atoms with Crippen molar-refractivity contribution in [3.63, 3.8) is 0 Å². The van der Waals surface area contributed by atoms with Crippen LogP contribution >= 0.6 is 0 Å². The third kappa shape index (κ3) is 4.14. The van der Waals surface area contributed by atoms with Gasteiger partial charge in [0.15, 0.2) is 0 Å². The maximum Gasteiger partial charge on any atom is 0.321 e.